The van der Waals surface area contributed by atoms with Crippen LogP contribution in [0.3, 0.4) is 0 Å². The van der Waals surface area contributed by atoms with E-state index >= 15 is 0 Å². The molecule has 2 fully saturated rings. The maximum atomic E-state index is 2.35. The van der Waals surface area contributed by atoms with Gasteiger partial charge in [-0.2, -0.15) is 0 Å². The zero-order chi connectivity index (χ0) is 15.0. The number of hydrogen-bond donors (Lipinski definition) is 0. The molecule has 0 atom stereocenters. The zero-order valence-electron chi connectivity index (χ0n) is 14.9. The average Bonchev–Trinajstić information content (AvgIpc) is 3.14. The number of rotatable bonds is 10. The first kappa shape index (κ1) is 17.3. The fourth-order valence-electron chi connectivity index (χ4n) is 4.86. The van der Waals surface area contributed by atoms with E-state index < -0.39 is 0 Å². The van der Waals surface area contributed by atoms with Crippen LogP contribution in [-0.4, -0.2) is 61.3 Å². The predicted molar refractivity (Wildman–Crippen MR) is 92.4 cm³/mol. The molecule has 2 heteroatoms. The largest absolute Gasteiger partial charge is 0.323 e. The Labute approximate surface area is 133 Å². The van der Waals surface area contributed by atoms with Crippen LogP contribution < -0.4 is 0 Å². The second-order valence-corrected chi connectivity index (χ2v) is 7.95. The first-order chi connectivity index (χ1) is 10.2. The molecule has 0 aromatic rings. The van der Waals surface area contributed by atoms with Crippen molar-refractivity contribution in [2.45, 2.75) is 71.6 Å². The minimum Gasteiger partial charge on any atom is -0.323 e. The summed E-state index contributed by atoms with van der Waals surface area (Å²) in [5, 5.41) is 0. The molecular weight excluding hydrogens is 256 g/mol. The molecule has 0 amide bonds. The van der Waals surface area contributed by atoms with Gasteiger partial charge in [-0.25, -0.2) is 0 Å². The second kappa shape index (κ2) is 8.53. The summed E-state index contributed by atoms with van der Waals surface area (Å²) in [7, 11) is 0. The lowest BCUT2D eigenvalue weighted by molar-refractivity contribution is -0.935. The van der Waals surface area contributed by atoms with Gasteiger partial charge >= 0.3 is 0 Å². The Morgan fingerprint density at radius 1 is 0.524 bits per heavy atom. The quantitative estimate of drug-likeness (QED) is 0.530. The molecule has 0 aromatic heterocycles. The van der Waals surface area contributed by atoms with Crippen LogP contribution in [0.25, 0.3) is 0 Å². The highest BCUT2D eigenvalue weighted by Gasteiger charge is 2.34. The monoisotopic (exact) mass is 296 g/mol. The van der Waals surface area contributed by atoms with Crippen LogP contribution in [0, 0.1) is 0 Å². The number of likely N-dealkylation sites (tertiary alicyclic amines) is 2. The first-order valence-corrected chi connectivity index (χ1v) is 9.94. The molecule has 0 unspecified atom stereocenters. The summed E-state index contributed by atoms with van der Waals surface area (Å²) in [6.07, 6.45) is 13.0. The molecular formula is C19H40N2+2. The Morgan fingerprint density at radius 3 is 1.19 bits per heavy atom. The van der Waals surface area contributed by atoms with E-state index in [1.54, 1.807) is 0 Å². The highest BCUT2D eigenvalue weighted by atomic mass is 15.4. The van der Waals surface area contributed by atoms with Gasteiger partial charge in [0.05, 0.1) is 52.4 Å². The number of hydrogen-bond acceptors (Lipinski definition) is 0. The lowest BCUT2D eigenvalue weighted by Gasteiger charge is -2.38. The highest BCUT2D eigenvalue weighted by molar-refractivity contribution is 4.59. The third-order valence-corrected chi connectivity index (χ3v) is 6.27. The summed E-state index contributed by atoms with van der Waals surface area (Å²) in [4.78, 5) is 0. The van der Waals surface area contributed by atoms with Gasteiger partial charge in [-0.1, -0.05) is 26.7 Å². The molecule has 0 spiro atoms. The van der Waals surface area contributed by atoms with Crippen molar-refractivity contribution in [3.63, 3.8) is 0 Å². The Morgan fingerprint density at radius 2 is 0.857 bits per heavy atom. The Bertz CT molecular complexity index is 247. The van der Waals surface area contributed by atoms with E-state index in [0.717, 1.165) is 0 Å². The lowest BCUT2D eigenvalue weighted by atomic mass is 10.2. The second-order valence-electron chi connectivity index (χ2n) is 7.95. The minimum atomic E-state index is 1.37. The Balaban J connectivity index is 1.79. The van der Waals surface area contributed by atoms with Crippen molar-refractivity contribution >= 4 is 0 Å². The molecule has 0 radical (unpaired) electrons. The first-order valence-electron chi connectivity index (χ1n) is 9.94. The zero-order valence-corrected chi connectivity index (χ0v) is 14.9. The van der Waals surface area contributed by atoms with Gasteiger partial charge in [0.15, 0.2) is 0 Å². The molecule has 0 bridgehead atoms. The molecule has 0 N–H and O–H groups in total. The summed E-state index contributed by atoms with van der Waals surface area (Å²) in [5.41, 5.74) is 0. The van der Waals surface area contributed by atoms with Crippen LogP contribution in [0.2, 0.25) is 0 Å². The van der Waals surface area contributed by atoms with Crippen LogP contribution in [-0.2, 0) is 0 Å². The average molecular weight is 297 g/mol. The lowest BCUT2D eigenvalue weighted by Crippen LogP contribution is -2.51. The van der Waals surface area contributed by atoms with E-state index in [1.165, 1.54) is 119 Å². The maximum absolute atomic E-state index is 2.35. The number of quaternary nitrogens is 2. The van der Waals surface area contributed by atoms with Crippen molar-refractivity contribution in [3.05, 3.63) is 0 Å². The molecule has 2 aliphatic rings. The highest BCUT2D eigenvalue weighted by Crippen LogP contribution is 2.25. The topological polar surface area (TPSA) is 0 Å². The Kier molecular flexibility index (Phi) is 7.01. The SMILES string of the molecule is CCCC[N+]1(CCC[N+]2(CCCC)CCCC2)CCCC1. The van der Waals surface area contributed by atoms with E-state index in [1.807, 2.05) is 0 Å². The molecule has 2 saturated heterocycles. The van der Waals surface area contributed by atoms with Crippen LogP contribution in [0.15, 0.2) is 0 Å². The fraction of sp³-hybridized carbons (Fsp3) is 1.00. The van der Waals surface area contributed by atoms with E-state index in [4.69, 9.17) is 0 Å². The molecule has 2 rings (SSSR count). The van der Waals surface area contributed by atoms with Gasteiger partial charge in [0, 0.05) is 32.1 Å². The fourth-order valence-corrected chi connectivity index (χ4v) is 4.86. The third-order valence-electron chi connectivity index (χ3n) is 6.27. The van der Waals surface area contributed by atoms with Crippen LogP contribution >= 0.6 is 0 Å². The summed E-state index contributed by atoms with van der Waals surface area (Å²) < 4.78 is 2.95. The molecule has 2 heterocycles. The van der Waals surface area contributed by atoms with E-state index in [0.29, 0.717) is 0 Å². The summed E-state index contributed by atoms with van der Waals surface area (Å²) >= 11 is 0. The van der Waals surface area contributed by atoms with E-state index in [-0.39, 0.29) is 0 Å². The molecule has 0 aromatic carbocycles. The maximum Gasteiger partial charge on any atom is 0.0841 e. The molecule has 2 aliphatic heterocycles. The predicted octanol–water partition coefficient (Wildman–Crippen LogP) is 4.20. The van der Waals surface area contributed by atoms with Gasteiger partial charge in [0.1, 0.15) is 0 Å². The van der Waals surface area contributed by atoms with Crippen molar-refractivity contribution in [3.8, 4) is 0 Å². The van der Waals surface area contributed by atoms with Crippen molar-refractivity contribution < 1.29 is 8.97 Å². The van der Waals surface area contributed by atoms with E-state index in [2.05, 4.69) is 13.8 Å². The summed E-state index contributed by atoms with van der Waals surface area (Å²) in [5.74, 6) is 0. The molecule has 124 valence electrons. The van der Waals surface area contributed by atoms with Crippen molar-refractivity contribution in [2.24, 2.45) is 0 Å². The van der Waals surface area contributed by atoms with Crippen molar-refractivity contribution in [1.82, 2.24) is 0 Å². The smallest absolute Gasteiger partial charge is 0.0841 e. The Hall–Kier alpha value is -0.0800. The van der Waals surface area contributed by atoms with Gasteiger partial charge < -0.3 is 8.97 Å². The molecule has 2 nitrogen and oxygen atoms in total. The van der Waals surface area contributed by atoms with Gasteiger partial charge in [-0.15, -0.1) is 0 Å². The number of unbranched alkanes of at least 4 members (excludes halogenated alkanes) is 2. The standard InChI is InChI=1S/C19H40N2/c1-3-5-12-20(14-7-8-15-20)18-11-19-21(13-6-4-2)16-9-10-17-21/h3-19H2,1-2H3/q+2. The van der Waals surface area contributed by atoms with Crippen LogP contribution in [0.1, 0.15) is 71.6 Å². The number of nitrogens with zero attached hydrogens (tertiary/aromatic N) is 2. The van der Waals surface area contributed by atoms with Crippen LogP contribution in [0.5, 0.6) is 0 Å². The van der Waals surface area contributed by atoms with Gasteiger partial charge in [-0.05, 0) is 12.8 Å². The van der Waals surface area contributed by atoms with Gasteiger partial charge in [0.25, 0.3) is 0 Å². The van der Waals surface area contributed by atoms with Crippen molar-refractivity contribution in [1.29, 1.82) is 0 Å². The summed E-state index contributed by atoms with van der Waals surface area (Å²) in [6.45, 7) is 16.5. The normalized spacial score (nSPS) is 23.7. The van der Waals surface area contributed by atoms with Crippen molar-refractivity contribution in [2.75, 3.05) is 52.4 Å². The molecule has 21 heavy (non-hydrogen) atoms. The van der Waals surface area contributed by atoms with Crippen LogP contribution in [0.4, 0.5) is 0 Å². The molecule has 0 aliphatic carbocycles. The van der Waals surface area contributed by atoms with Gasteiger partial charge in [-0.3, -0.25) is 0 Å². The minimum absolute atomic E-state index is 1.37. The van der Waals surface area contributed by atoms with E-state index in [9.17, 15) is 0 Å². The molecule has 0 saturated carbocycles. The van der Waals surface area contributed by atoms with Gasteiger partial charge in [0.2, 0.25) is 0 Å². The summed E-state index contributed by atoms with van der Waals surface area (Å²) in [6, 6.07) is 0. The third kappa shape index (κ3) is 4.96.